The first-order valence-electron chi connectivity index (χ1n) is 8.26. The number of thiazole rings is 1. The average molecular weight is 398 g/mol. The Morgan fingerprint density at radius 1 is 1.26 bits per heavy atom. The van der Waals surface area contributed by atoms with E-state index in [0.29, 0.717) is 17.1 Å². The number of hydrogen-bond donors (Lipinski definition) is 1. The molecule has 1 saturated heterocycles. The van der Waals surface area contributed by atoms with E-state index in [1.807, 2.05) is 30.3 Å². The van der Waals surface area contributed by atoms with Gasteiger partial charge in [0.15, 0.2) is 0 Å². The summed E-state index contributed by atoms with van der Waals surface area (Å²) in [7, 11) is 0. The molecule has 0 unspecified atom stereocenters. The van der Waals surface area contributed by atoms with E-state index in [1.54, 1.807) is 6.92 Å². The Hall–Kier alpha value is -2.42. The highest BCUT2D eigenvalue weighted by Gasteiger charge is 2.53. The van der Waals surface area contributed by atoms with Crippen molar-refractivity contribution in [2.75, 3.05) is 13.1 Å². The fraction of sp³-hybridized carbons (Fsp3) is 0.389. The summed E-state index contributed by atoms with van der Waals surface area (Å²) in [6.07, 6.45) is -4.15. The van der Waals surface area contributed by atoms with E-state index in [-0.39, 0.29) is 4.88 Å². The van der Waals surface area contributed by atoms with Gasteiger partial charge in [-0.05, 0) is 12.5 Å². The molecule has 2 atom stereocenters. The number of likely N-dealkylation sites (tertiary alicyclic amines) is 1. The molecule has 0 spiro atoms. The molecule has 27 heavy (non-hydrogen) atoms. The van der Waals surface area contributed by atoms with Crippen LogP contribution in [0.1, 0.15) is 25.9 Å². The van der Waals surface area contributed by atoms with Crippen molar-refractivity contribution in [3.8, 4) is 0 Å². The Morgan fingerprint density at radius 3 is 2.48 bits per heavy atom. The zero-order valence-corrected chi connectivity index (χ0v) is 15.2. The topological polar surface area (TPSA) is 70.5 Å². The maximum atomic E-state index is 13.1. The largest absolute Gasteiger partial charge is 0.481 e. The van der Waals surface area contributed by atoms with Gasteiger partial charge in [-0.15, -0.1) is 11.3 Å². The van der Waals surface area contributed by atoms with E-state index >= 15 is 0 Å². The summed E-state index contributed by atoms with van der Waals surface area (Å²) in [6.45, 7) is 0.526. The van der Waals surface area contributed by atoms with E-state index in [2.05, 4.69) is 4.98 Å². The van der Waals surface area contributed by atoms with Crippen molar-refractivity contribution in [1.29, 1.82) is 0 Å². The highest BCUT2D eigenvalue weighted by molar-refractivity contribution is 7.13. The molecule has 0 radical (unpaired) electrons. The van der Waals surface area contributed by atoms with Gasteiger partial charge in [-0.1, -0.05) is 30.3 Å². The molecule has 144 valence electrons. The summed E-state index contributed by atoms with van der Waals surface area (Å²) in [4.78, 5) is 29.5. The van der Waals surface area contributed by atoms with Crippen LogP contribution in [0.25, 0.3) is 0 Å². The van der Waals surface area contributed by atoms with Crippen molar-refractivity contribution in [3.63, 3.8) is 0 Å². The standard InChI is InChI=1S/C18H17F3N2O3S/c1-10-15(27-14(22-10)7-11-5-3-2-4-6-11)16(24)23-8-12(17(25)26)13(9-23)18(19,20)21/h2-6,12-13H,7-9H2,1H3,(H,25,26)/t12-,13-/m1/s1. The molecule has 1 aliphatic heterocycles. The lowest BCUT2D eigenvalue weighted by Crippen LogP contribution is -2.34. The van der Waals surface area contributed by atoms with Crippen molar-refractivity contribution in [1.82, 2.24) is 9.88 Å². The molecule has 0 bridgehead atoms. The predicted molar refractivity (Wildman–Crippen MR) is 92.7 cm³/mol. The second-order valence-electron chi connectivity index (χ2n) is 6.49. The fourth-order valence-electron chi connectivity index (χ4n) is 3.19. The highest BCUT2D eigenvalue weighted by Crippen LogP contribution is 2.38. The lowest BCUT2D eigenvalue weighted by Gasteiger charge is -2.18. The van der Waals surface area contributed by atoms with Gasteiger partial charge >= 0.3 is 12.1 Å². The minimum Gasteiger partial charge on any atom is -0.481 e. The van der Waals surface area contributed by atoms with Gasteiger partial charge in [-0.3, -0.25) is 9.59 Å². The first-order valence-corrected chi connectivity index (χ1v) is 9.07. The maximum absolute atomic E-state index is 13.1. The molecule has 1 aromatic heterocycles. The summed E-state index contributed by atoms with van der Waals surface area (Å²) in [5, 5.41) is 9.78. The van der Waals surface area contributed by atoms with E-state index in [1.165, 1.54) is 0 Å². The summed E-state index contributed by atoms with van der Waals surface area (Å²) in [5.74, 6) is -5.84. The molecule has 5 nitrogen and oxygen atoms in total. The van der Waals surface area contributed by atoms with Crippen LogP contribution in [0.15, 0.2) is 30.3 Å². The average Bonchev–Trinajstić information content (AvgIpc) is 3.19. The number of amides is 1. The first-order chi connectivity index (χ1) is 12.7. The quantitative estimate of drug-likeness (QED) is 0.857. The predicted octanol–water partition coefficient (Wildman–Crippen LogP) is 3.38. The number of carboxylic acids is 1. The molecule has 1 fully saturated rings. The molecule has 0 aliphatic carbocycles. The van der Waals surface area contributed by atoms with Crippen LogP contribution >= 0.6 is 11.3 Å². The second-order valence-corrected chi connectivity index (χ2v) is 7.57. The van der Waals surface area contributed by atoms with Gasteiger partial charge in [0.1, 0.15) is 4.88 Å². The molecule has 1 aliphatic rings. The number of hydrogen-bond acceptors (Lipinski definition) is 4. The Morgan fingerprint density at radius 2 is 1.93 bits per heavy atom. The van der Waals surface area contributed by atoms with Crippen LogP contribution in [0.2, 0.25) is 0 Å². The molecular weight excluding hydrogens is 381 g/mol. The third kappa shape index (κ3) is 4.13. The van der Waals surface area contributed by atoms with Gasteiger partial charge in [0.25, 0.3) is 5.91 Å². The van der Waals surface area contributed by atoms with Crippen LogP contribution in [0, 0.1) is 18.8 Å². The Bertz CT molecular complexity index is 851. The molecule has 0 saturated carbocycles. The van der Waals surface area contributed by atoms with Crippen LogP contribution < -0.4 is 0 Å². The van der Waals surface area contributed by atoms with Crippen LogP contribution in [-0.4, -0.2) is 46.1 Å². The lowest BCUT2D eigenvalue weighted by molar-refractivity contribution is -0.187. The van der Waals surface area contributed by atoms with E-state index in [0.717, 1.165) is 21.8 Å². The molecule has 1 amide bonds. The van der Waals surface area contributed by atoms with E-state index < -0.39 is 43.0 Å². The third-order valence-corrected chi connectivity index (χ3v) is 5.72. The second kappa shape index (κ2) is 7.30. The lowest BCUT2D eigenvalue weighted by atomic mass is 9.96. The third-order valence-electron chi connectivity index (χ3n) is 4.58. The van der Waals surface area contributed by atoms with Gasteiger partial charge in [0.05, 0.1) is 22.5 Å². The Kier molecular flexibility index (Phi) is 5.23. The zero-order chi connectivity index (χ0) is 19.8. The summed E-state index contributed by atoms with van der Waals surface area (Å²) in [5.41, 5.74) is 1.45. The number of benzene rings is 1. The Labute approximate surface area is 157 Å². The molecule has 2 heterocycles. The molecule has 2 aromatic rings. The summed E-state index contributed by atoms with van der Waals surface area (Å²) < 4.78 is 39.4. The van der Waals surface area contributed by atoms with Gasteiger partial charge < -0.3 is 10.0 Å². The smallest absolute Gasteiger partial charge is 0.394 e. The number of halogens is 3. The van der Waals surface area contributed by atoms with Gasteiger partial charge in [-0.2, -0.15) is 13.2 Å². The normalized spacial score (nSPS) is 20.1. The number of rotatable bonds is 4. The van der Waals surface area contributed by atoms with Crippen molar-refractivity contribution < 1.29 is 27.9 Å². The molecular formula is C18H17F3N2O3S. The van der Waals surface area contributed by atoms with Crippen LogP contribution in [0.4, 0.5) is 13.2 Å². The number of nitrogens with zero attached hydrogens (tertiary/aromatic N) is 2. The molecule has 3 rings (SSSR count). The summed E-state index contributed by atoms with van der Waals surface area (Å²) in [6, 6.07) is 9.49. The molecule has 1 N–H and O–H groups in total. The van der Waals surface area contributed by atoms with Crippen molar-refractivity contribution in [2.45, 2.75) is 19.5 Å². The van der Waals surface area contributed by atoms with Crippen molar-refractivity contribution >= 4 is 23.2 Å². The van der Waals surface area contributed by atoms with E-state index in [4.69, 9.17) is 5.11 Å². The highest BCUT2D eigenvalue weighted by atomic mass is 32.1. The van der Waals surface area contributed by atoms with Crippen LogP contribution in [-0.2, 0) is 11.2 Å². The number of aryl methyl sites for hydroxylation is 1. The number of carbonyl (C=O) groups is 2. The fourth-order valence-corrected chi connectivity index (χ4v) is 4.26. The number of carbonyl (C=O) groups excluding carboxylic acids is 1. The number of carboxylic acid groups (broad SMARTS) is 1. The molecule has 9 heteroatoms. The van der Waals surface area contributed by atoms with Gasteiger partial charge in [0, 0.05) is 19.5 Å². The van der Waals surface area contributed by atoms with Gasteiger partial charge in [-0.25, -0.2) is 4.98 Å². The minimum absolute atomic E-state index is 0.257. The number of aliphatic carboxylic acids is 1. The SMILES string of the molecule is Cc1nc(Cc2ccccc2)sc1C(=O)N1C[C@@H](C(F)(F)F)[C@H](C(=O)O)C1. The summed E-state index contributed by atoms with van der Waals surface area (Å²) >= 11 is 1.14. The van der Waals surface area contributed by atoms with Crippen molar-refractivity contribution in [2.24, 2.45) is 11.8 Å². The zero-order valence-electron chi connectivity index (χ0n) is 14.4. The Balaban J connectivity index is 1.79. The number of alkyl halides is 3. The van der Waals surface area contributed by atoms with Gasteiger partial charge in [0.2, 0.25) is 0 Å². The number of aromatic nitrogens is 1. The van der Waals surface area contributed by atoms with Crippen molar-refractivity contribution in [3.05, 3.63) is 51.5 Å². The first kappa shape index (κ1) is 19.3. The minimum atomic E-state index is -4.67. The van der Waals surface area contributed by atoms with E-state index in [9.17, 15) is 22.8 Å². The molecule has 1 aromatic carbocycles. The van der Waals surface area contributed by atoms with Crippen LogP contribution in [0.3, 0.4) is 0 Å². The maximum Gasteiger partial charge on any atom is 0.394 e. The monoisotopic (exact) mass is 398 g/mol. The van der Waals surface area contributed by atoms with Crippen LogP contribution in [0.5, 0.6) is 0 Å².